The number of hydrogen-bond donors (Lipinski definition) is 1. The van der Waals surface area contributed by atoms with E-state index in [1.54, 1.807) is 12.1 Å². The number of nitrogens with zero attached hydrogens (tertiary/aromatic N) is 1. The monoisotopic (exact) mass is 280 g/mol. The lowest BCUT2D eigenvalue weighted by Crippen LogP contribution is -2.37. The van der Waals surface area contributed by atoms with Crippen LogP contribution in [0.15, 0.2) is 28.5 Å². The third-order valence-corrected chi connectivity index (χ3v) is 5.00. The van der Waals surface area contributed by atoms with Crippen molar-refractivity contribution in [2.45, 2.75) is 4.90 Å². The van der Waals surface area contributed by atoms with Gasteiger partial charge in [-0.1, -0.05) is 6.07 Å². The van der Waals surface area contributed by atoms with E-state index in [1.165, 1.54) is 11.5 Å². The molecule has 0 aliphatic carbocycles. The van der Waals surface area contributed by atoms with Crippen molar-refractivity contribution >= 4 is 21.1 Å². The first kappa shape index (κ1) is 12.7. The van der Waals surface area contributed by atoms with Crippen LogP contribution in [0.3, 0.4) is 0 Å². The predicted molar refractivity (Wildman–Crippen MR) is 73.3 cm³/mol. The topological polar surface area (TPSA) is 72.6 Å². The molecular formula is C13H16N2O3S. The van der Waals surface area contributed by atoms with Crippen molar-refractivity contribution in [1.29, 1.82) is 0 Å². The van der Waals surface area contributed by atoms with Gasteiger partial charge in [-0.25, -0.2) is 8.42 Å². The van der Waals surface area contributed by atoms with Gasteiger partial charge in [-0.15, -0.1) is 0 Å². The first-order valence-electron chi connectivity index (χ1n) is 6.22. The van der Waals surface area contributed by atoms with Crippen LogP contribution in [-0.4, -0.2) is 46.2 Å². The smallest absolute Gasteiger partial charge is 0.200 e. The molecule has 2 N–H and O–H groups in total. The first-order chi connectivity index (χ1) is 9.06. The second-order valence-electron chi connectivity index (χ2n) is 4.83. The van der Waals surface area contributed by atoms with Gasteiger partial charge in [-0.05, 0) is 23.3 Å². The summed E-state index contributed by atoms with van der Waals surface area (Å²) in [6.45, 7) is 3.71. The molecule has 6 heteroatoms. The number of nitrogen functional groups attached to an aromatic ring is 1. The van der Waals surface area contributed by atoms with Crippen LogP contribution in [0.1, 0.15) is 5.56 Å². The Morgan fingerprint density at radius 2 is 2.00 bits per heavy atom. The second-order valence-corrected chi connectivity index (χ2v) is 6.60. The van der Waals surface area contributed by atoms with Gasteiger partial charge in [0.15, 0.2) is 0 Å². The summed E-state index contributed by atoms with van der Waals surface area (Å²) in [6, 6.07) is 5.07. The standard InChI is InChI=1S/C13H16N2O3S/c14-11-1-2-12-10(8-15-3-5-18-6-4-15)9-19(16,17)13(12)7-11/h1-2,7,9H,3-6,8,14H2. The number of benzene rings is 1. The van der Waals surface area contributed by atoms with Gasteiger partial charge in [0.1, 0.15) is 0 Å². The van der Waals surface area contributed by atoms with Crippen LogP contribution in [-0.2, 0) is 14.6 Å². The highest BCUT2D eigenvalue weighted by atomic mass is 32.2. The minimum Gasteiger partial charge on any atom is -0.399 e. The fraction of sp³-hybridized carbons (Fsp3) is 0.385. The Bertz CT molecular complexity index is 631. The zero-order chi connectivity index (χ0) is 13.5. The maximum Gasteiger partial charge on any atom is 0.200 e. The molecule has 2 aliphatic rings. The Balaban J connectivity index is 1.92. The largest absolute Gasteiger partial charge is 0.399 e. The number of morpholine rings is 1. The van der Waals surface area contributed by atoms with Gasteiger partial charge in [0.2, 0.25) is 9.84 Å². The number of anilines is 1. The van der Waals surface area contributed by atoms with Gasteiger partial charge in [-0.2, -0.15) is 0 Å². The number of rotatable bonds is 2. The van der Waals surface area contributed by atoms with E-state index in [9.17, 15) is 8.42 Å². The molecule has 1 aromatic carbocycles. The lowest BCUT2D eigenvalue weighted by molar-refractivity contribution is 0.0444. The average molecular weight is 280 g/mol. The number of fused-ring (bicyclic) bond motifs is 1. The molecule has 0 saturated carbocycles. The molecule has 102 valence electrons. The van der Waals surface area contributed by atoms with Crippen LogP contribution in [0.2, 0.25) is 0 Å². The van der Waals surface area contributed by atoms with Crippen LogP contribution in [0.5, 0.6) is 0 Å². The minimum absolute atomic E-state index is 0.329. The molecule has 19 heavy (non-hydrogen) atoms. The third kappa shape index (κ3) is 2.39. The third-order valence-electron chi connectivity index (χ3n) is 3.45. The Morgan fingerprint density at radius 3 is 2.74 bits per heavy atom. The van der Waals surface area contributed by atoms with Crippen LogP contribution < -0.4 is 5.73 Å². The van der Waals surface area contributed by atoms with Crippen molar-refractivity contribution in [2.24, 2.45) is 0 Å². The molecule has 3 rings (SSSR count). The summed E-state index contributed by atoms with van der Waals surface area (Å²) >= 11 is 0. The predicted octanol–water partition coefficient (Wildman–Crippen LogP) is 0.729. The van der Waals surface area contributed by atoms with Crippen molar-refractivity contribution in [3.63, 3.8) is 0 Å². The van der Waals surface area contributed by atoms with Gasteiger partial charge >= 0.3 is 0 Å². The van der Waals surface area contributed by atoms with E-state index in [2.05, 4.69) is 4.90 Å². The first-order valence-corrected chi connectivity index (χ1v) is 7.76. The molecular weight excluding hydrogens is 264 g/mol. The Labute approximate surface area is 112 Å². The maximum absolute atomic E-state index is 12.1. The van der Waals surface area contributed by atoms with Crippen molar-refractivity contribution in [3.05, 3.63) is 29.2 Å². The number of nitrogens with two attached hydrogens (primary N) is 1. The number of hydrogen-bond acceptors (Lipinski definition) is 5. The fourth-order valence-corrected chi connectivity index (χ4v) is 3.99. The summed E-state index contributed by atoms with van der Waals surface area (Å²) in [5.41, 5.74) is 7.77. The highest BCUT2D eigenvalue weighted by Gasteiger charge is 2.28. The van der Waals surface area contributed by atoms with Gasteiger partial charge in [0.25, 0.3) is 0 Å². The molecule has 2 aliphatic heterocycles. The van der Waals surface area contributed by atoms with Gasteiger partial charge < -0.3 is 10.5 Å². The molecule has 0 amide bonds. The molecule has 0 bridgehead atoms. The van der Waals surface area contributed by atoms with E-state index in [4.69, 9.17) is 10.5 Å². The zero-order valence-corrected chi connectivity index (χ0v) is 11.3. The zero-order valence-electron chi connectivity index (χ0n) is 10.5. The number of sulfone groups is 1. The Morgan fingerprint density at radius 1 is 1.26 bits per heavy atom. The lowest BCUT2D eigenvalue weighted by Gasteiger charge is -2.27. The van der Waals surface area contributed by atoms with Crippen molar-refractivity contribution in [1.82, 2.24) is 4.90 Å². The molecule has 0 radical (unpaired) electrons. The second kappa shape index (κ2) is 4.63. The SMILES string of the molecule is Nc1ccc2c(c1)S(=O)(=O)C=C2CN1CCOCC1. The van der Waals surface area contributed by atoms with Crippen molar-refractivity contribution in [3.8, 4) is 0 Å². The van der Waals surface area contributed by atoms with E-state index < -0.39 is 9.84 Å². The molecule has 1 saturated heterocycles. The summed E-state index contributed by atoms with van der Waals surface area (Å²) in [5.74, 6) is 0. The number of ether oxygens (including phenoxy) is 1. The molecule has 1 fully saturated rings. The quantitative estimate of drug-likeness (QED) is 0.809. The lowest BCUT2D eigenvalue weighted by atomic mass is 10.1. The van der Waals surface area contributed by atoms with Crippen LogP contribution in [0.25, 0.3) is 5.57 Å². The van der Waals surface area contributed by atoms with Crippen LogP contribution >= 0.6 is 0 Å². The molecule has 5 nitrogen and oxygen atoms in total. The summed E-state index contributed by atoms with van der Waals surface area (Å²) in [6.07, 6.45) is 0. The van der Waals surface area contributed by atoms with Crippen LogP contribution in [0.4, 0.5) is 5.69 Å². The molecule has 0 aromatic heterocycles. The van der Waals surface area contributed by atoms with E-state index in [0.29, 0.717) is 30.3 Å². The van der Waals surface area contributed by atoms with Gasteiger partial charge in [0, 0.05) is 30.7 Å². The average Bonchev–Trinajstić information content (AvgIpc) is 2.62. The van der Waals surface area contributed by atoms with Gasteiger partial charge in [-0.3, -0.25) is 4.90 Å². The van der Waals surface area contributed by atoms with E-state index in [-0.39, 0.29) is 0 Å². The molecule has 0 spiro atoms. The molecule has 0 atom stereocenters. The normalized spacial score (nSPS) is 22.0. The summed E-state index contributed by atoms with van der Waals surface area (Å²) in [7, 11) is -3.33. The highest BCUT2D eigenvalue weighted by molar-refractivity contribution is 7.95. The van der Waals surface area contributed by atoms with Crippen molar-refractivity contribution < 1.29 is 13.2 Å². The van der Waals surface area contributed by atoms with Crippen molar-refractivity contribution in [2.75, 3.05) is 38.6 Å². The minimum atomic E-state index is -3.33. The van der Waals surface area contributed by atoms with E-state index in [1.807, 2.05) is 0 Å². The summed E-state index contributed by atoms with van der Waals surface area (Å²) < 4.78 is 29.5. The molecule has 2 heterocycles. The Hall–Kier alpha value is -1.37. The van der Waals surface area contributed by atoms with Crippen LogP contribution in [0, 0.1) is 0 Å². The molecule has 0 unspecified atom stereocenters. The maximum atomic E-state index is 12.1. The highest BCUT2D eigenvalue weighted by Crippen LogP contribution is 2.35. The summed E-state index contributed by atoms with van der Waals surface area (Å²) in [4.78, 5) is 2.53. The Kier molecular flexibility index (Phi) is 3.08. The summed E-state index contributed by atoms with van der Waals surface area (Å²) in [5, 5.41) is 1.37. The van der Waals surface area contributed by atoms with E-state index >= 15 is 0 Å². The van der Waals surface area contributed by atoms with E-state index in [0.717, 1.165) is 24.2 Å². The van der Waals surface area contributed by atoms with Gasteiger partial charge in [0.05, 0.1) is 18.1 Å². The molecule has 1 aromatic rings. The fourth-order valence-electron chi connectivity index (χ4n) is 2.48.